The number of benzene rings is 1. The summed E-state index contributed by atoms with van der Waals surface area (Å²) >= 11 is 0. The van der Waals surface area contributed by atoms with Gasteiger partial charge in [0.2, 0.25) is 5.89 Å². The fourth-order valence-electron chi connectivity index (χ4n) is 1.94. The van der Waals surface area contributed by atoms with Gasteiger partial charge in [-0.05, 0) is 26.0 Å². The Morgan fingerprint density at radius 1 is 1.38 bits per heavy atom. The van der Waals surface area contributed by atoms with Gasteiger partial charge < -0.3 is 19.9 Å². The molecule has 0 bridgehead atoms. The van der Waals surface area contributed by atoms with E-state index in [4.69, 9.17) is 9.26 Å². The van der Waals surface area contributed by atoms with Gasteiger partial charge in [0.05, 0.1) is 6.54 Å². The summed E-state index contributed by atoms with van der Waals surface area (Å²) in [6.07, 6.45) is -0.238. The summed E-state index contributed by atoms with van der Waals surface area (Å²) in [5.74, 6) is 1.47. The third-order valence-corrected chi connectivity index (χ3v) is 3.01. The summed E-state index contributed by atoms with van der Waals surface area (Å²) in [5, 5.41) is 10.0. The third kappa shape index (κ3) is 5.53. The number of halogens is 1. The van der Waals surface area contributed by atoms with Crippen LogP contribution in [0.5, 0.6) is 5.75 Å². The third-order valence-electron chi connectivity index (χ3n) is 3.01. The summed E-state index contributed by atoms with van der Waals surface area (Å²) in [7, 11) is 0. The van der Waals surface area contributed by atoms with E-state index < -0.39 is 0 Å². The molecule has 2 aromatic rings. The van der Waals surface area contributed by atoms with E-state index in [2.05, 4.69) is 25.8 Å². The maximum absolute atomic E-state index is 13.6. The average molecular weight is 335 g/mol. The number of para-hydroxylation sites is 1. The lowest BCUT2D eigenvalue weighted by Gasteiger charge is -2.17. The van der Waals surface area contributed by atoms with Gasteiger partial charge in [0.15, 0.2) is 23.4 Å². The minimum atomic E-state index is -0.377. The number of nitrogens with one attached hydrogen (secondary N) is 2. The molecule has 130 valence electrons. The highest BCUT2D eigenvalue weighted by molar-refractivity contribution is 5.79. The SMILES string of the molecule is CCNC(=NCc1noc(C)n1)NCC(C)Oc1ccccc1F. The molecule has 1 aromatic heterocycles. The zero-order chi connectivity index (χ0) is 17.4. The lowest BCUT2D eigenvalue weighted by Crippen LogP contribution is -2.41. The number of nitrogens with zero attached hydrogens (tertiary/aromatic N) is 3. The topological polar surface area (TPSA) is 84.6 Å². The fraction of sp³-hybridized carbons (Fsp3) is 0.438. The first kappa shape index (κ1) is 17.7. The number of guanidine groups is 1. The lowest BCUT2D eigenvalue weighted by atomic mass is 10.3. The Kier molecular flexibility index (Phi) is 6.53. The quantitative estimate of drug-likeness (QED) is 0.595. The number of hydrogen-bond donors (Lipinski definition) is 2. The molecule has 1 atom stereocenters. The standard InChI is InChI=1S/C16H22FN5O2/c1-4-18-16(20-10-15-21-12(3)24-22-15)19-9-11(2)23-14-8-6-5-7-13(14)17/h5-8,11H,4,9-10H2,1-3H3,(H2,18,19,20). The van der Waals surface area contributed by atoms with Crippen LogP contribution in [-0.2, 0) is 6.54 Å². The van der Waals surface area contributed by atoms with Crippen LogP contribution in [0.2, 0.25) is 0 Å². The van der Waals surface area contributed by atoms with Crippen LogP contribution < -0.4 is 15.4 Å². The predicted molar refractivity (Wildman–Crippen MR) is 88.3 cm³/mol. The number of aromatic nitrogens is 2. The molecule has 0 fully saturated rings. The maximum atomic E-state index is 13.6. The van der Waals surface area contributed by atoms with Gasteiger partial charge in [0.1, 0.15) is 12.6 Å². The lowest BCUT2D eigenvalue weighted by molar-refractivity contribution is 0.214. The molecule has 0 saturated carbocycles. The Morgan fingerprint density at radius 3 is 2.83 bits per heavy atom. The first-order chi connectivity index (χ1) is 11.6. The van der Waals surface area contributed by atoms with Crippen LogP contribution in [0.3, 0.4) is 0 Å². The zero-order valence-corrected chi connectivity index (χ0v) is 14.0. The molecule has 0 amide bonds. The van der Waals surface area contributed by atoms with Crippen LogP contribution in [0.1, 0.15) is 25.6 Å². The molecule has 8 heteroatoms. The van der Waals surface area contributed by atoms with E-state index in [1.54, 1.807) is 25.1 Å². The average Bonchev–Trinajstić information content (AvgIpc) is 2.98. The van der Waals surface area contributed by atoms with Crippen molar-refractivity contribution in [2.45, 2.75) is 33.4 Å². The molecule has 0 aliphatic carbocycles. The van der Waals surface area contributed by atoms with Gasteiger partial charge in [-0.15, -0.1) is 0 Å². The summed E-state index contributed by atoms with van der Waals surface area (Å²) in [5.41, 5.74) is 0. The monoisotopic (exact) mass is 335 g/mol. The normalized spacial score (nSPS) is 12.8. The smallest absolute Gasteiger partial charge is 0.223 e. The Labute approximate surface area is 140 Å². The van der Waals surface area contributed by atoms with Crippen molar-refractivity contribution < 1.29 is 13.7 Å². The Hall–Kier alpha value is -2.64. The molecule has 1 unspecified atom stereocenters. The van der Waals surface area contributed by atoms with Gasteiger partial charge in [-0.3, -0.25) is 0 Å². The Morgan fingerprint density at radius 2 is 2.17 bits per heavy atom. The molecule has 0 saturated heterocycles. The molecule has 7 nitrogen and oxygen atoms in total. The van der Waals surface area contributed by atoms with Crippen molar-refractivity contribution in [3.8, 4) is 5.75 Å². The molecular formula is C16H22FN5O2. The van der Waals surface area contributed by atoms with Crippen molar-refractivity contribution in [1.29, 1.82) is 0 Å². The fourth-order valence-corrected chi connectivity index (χ4v) is 1.94. The highest BCUT2D eigenvalue weighted by Gasteiger charge is 2.09. The van der Waals surface area contributed by atoms with Crippen molar-refractivity contribution in [1.82, 2.24) is 20.8 Å². The highest BCUT2D eigenvalue weighted by Crippen LogP contribution is 2.16. The van der Waals surface area contributed by atoms with Crippen molar-refractivity contribution in [3.05, 3.63) is 41.8 Å². The molecule has 2 N–H and O–H groups in total. The first-order valence-corrected chi connectivity index (χ1v) is 7.81. The van der Waals surface area contributed by atoms with Gasteiger partial charge in [0, 0.05) is 13.5 Å². The molecule has 2 rings (SSSR count). The van der Waals surface area contributed by atoms with E-state index in [1.165, 1.54) is 6.07 Å². The minimum Gasteiger partial charge on any atom is -0.486 e. The largest absolute Gasteiger partial charge is 0.486 e. The van der Waals surface area contributed by atoms with E-state index in [9.17, 15) is 4.39 Å². The van der Waals surface area contributed by atoms with Crippen LogP contribution in [0.25, 0.3) is 0 Å². The molecule has 0 spiro atoms. The van der Waals surface area contributed by atoms with Gasteiger partial charge in [-0.1, -0.05) is 17.3 Å². The van der Waals surface area contributed by atoms with Crippen LogP contribution in [0.15, 0.2) is 33.8 Å². The van der Waals surface area contributed by atoms with Crippen LogP contribution >= 0.6 is 0 Å². The van der Waals surface area contributed by atoms with Gasteiger partial charge in [-0.25, -0.2) is 9.38 Å². The molecular weight excluding hydrogens is 313 g/mol. The second-order valence-corrected chi connectivity index (χ2v) is 5.16. The number of hydrogen-bond acceptors (Lipinski definition) is 5. The van der Waals surface area contributed by atoms with Gasteiger partial charge in [-0.2, -0.15) is 4.98 Å². The number of aryl methyl sites for hydroxylation is 1. The van der Waals surface area contributed by atoms with E-state index in [0.717, 1.165) is 0 Å². The number of aliphatic imine (C=N–C) groups is 1. The number of rotatable bonds is 7. The van der Waals surface area contributed by atoms with Crippen LogP contribution in [0, 0.1) is 12.7 Å². The second-order valence-electron chi connectivity index (χ2n) is 5.16. The first-order valence-electron chi connectivity index (χ1n) is 7.81. The predicted octanol–water partition coefficient (Wildman–Crippen LogP) is 2.04. The minimum absolute atomic E-state index is 0.232. The van der Waals surface area contributed by atoms with E-state index in [-0.39, 0.29) is 17.7 Å². The summed E-state index contributed by atoms with van der Waals surface area (Å²) < 4.78 is 24.1. The van der Waals surface area contributed by atoms with Gasteiger partial charge in [0.25, 0.3) is 0 Å². The maximum Gasteiger partial charge on any atom is 0.223 e. The highest BCUT2D eigenvalue weighted by atomic mass is 19.1. The van der Waals surface area contributed by atoms with Crippen molar-refractivity contribution in [3.63, 3.8) is 0 Å². The molecule has 1 heterocycles. The van der Waals surface area contributed by atoms with Gasteiger partial charge >= 0.3 is 0 Å². The van der Waals surface area contributed by atoms with E-state index in [0.29, 0.717) is 37.3 Å². The van der Waals surface area contributed by atoms with E-state index >= 15 is 0 Å². The van der Waals surface area contributed by atoms with Crippen molar-refractivity contribution in [2.24, 2.45) is 4.99 Å². The Bertz CT molecular complexity index is 674. The molecule has 24 heavy (non-hydrogen) atoms. The Balaban J connectivity index is 1.87. The van der Waals surface area contributed by atoms with E-state index in [1.807, 2.05) is 13.8 Å². The van der Waals surface area contributed by atoms with Crippen LogP contribution in [0.4, 0.5) is 4.39 Å². The summed E-state index contributed by atoms with van der Waals surface area (Å²) in [6.45, 7) is 7.02. The zero-order valence-electron chi connectivity index (χ0n) is 14.0. The molecule has 0 aliphatic rings. The summed E-state index contributed by atoms with van der Waals surface area (Å²) in [4.78, 5) is 8.47. The summed E-state index contributed by atoms with van der Waals surface area (Å²) in [6, 6.07) is 6.33. The molecule has 0 radical (unpaired) electrons. The second kappa shape index (κ2) is 8.85. The van der Waals surface area contributed by atoms with Crippen molar-refractivity contribution >= 4 is 5.96 Å². The van der Waals surface area contributed by atoms with Crippen LogP contribution in [-0.4, -0.2) is 35.3 Å². The van der Waals surface area contributed by atoms with Crippen molar-refractivity contribution in [2.75, 3.05) is 13.1 Å². The molecule has 0 aliphatic heterocycles. The number of ether oxygens (including phenoxy) is 1. The molecule has 1 aromatic carbocycles.